The molecule has 33 heavy (non-hydrogen) atoms. The Morgan fingerprint density at radius 3 is 2.36 bits per heavy atom. The number of nitrogens with one attached hydrogen (secondary N) is 1. The average molecular weight is 460 g/mol. The zero-order chi connectivity index (χ0) is 24.2. The minimum Gasteiger partial charge on any atom is -0.493 e. The van der Waals surface area contributed by atoms with Crippen molar-refractivity contribution in [2.24, 2.45) is 5.92 Å². The number of imide groups is 1. The van der Waals surface area contributed by atoms with Crippen molar-refractivity contribution < 1.29 is 32.2 Å². The number of amides is 2. The van der Waals surface area contributed by atoms with Crippen LogP contribution in [0.5, 0.6) is 11.5 Å². The molecule has 1 N–H and O–H groups in total. The third kappa shape index (κ3) is 5.94. The zero-order valence-corrected chi connectivity index (χ0v) is 18.1. The first-order valence-corrected chi connectivity index (χ1v) is 10.2. The summed E-state index contributed by atoms with van der Waals surface area (Å²) in [5.41, 5.74) is 0.658. The monoisotopic (exact) mass is 460 g/mol. The Labute approximate surface area is 189 Å². The number of halogens is 3. The molecule has 0 atom stereocenters. The van der Waals surface area contributed by atoms with Gasteiger partial charge in [-0.25, -0.2) is 0 Å². The van der Waals surface area contributed by atoms with Crippen molar-refractivity contribution in [1.82, 2.24) is 4.90 Å². The Bertz CT molecular complexity index is 1080. The molecule has 2 aromatic carbocycles. The lowest BCUT2D eigenvalue weighted by Gasteiger charge is -2.13. The van der Waals surface area contributed by atoms with E-state index in [1.165, 1.54) is 18.2 Å². The molecule has 0 unspecified atom stereocenters. The van der Waals surface area contributed by atoms with Gasteiger partial charge >= 0.3 is 6.36 Å². The summed E-state index contributed by atoms with van der Waals surface area (Å²) < 4.78 is 47.3. The molecule has 1 heterocycles. The lowest BCUT2D eigenvalue weighted by atomic mass is 10.0. The summed E-state index contributed by atoms with van der Waals surface area (Å²) in [6, 6.07) is 11.7. The predicted octanol–water partition coefficient (Wildman–Crippen LogP) is 5.00. The molecular weight excluding hydrogens is 437 g/mol. The number of carbonyl (C=O) groups is 2. The Kier molecular flexibility index (Phi) is 7.10. The Hall–Kier alpha value is -3.75. The van der Waals surface area contributed by atoms with Crippen LogP contribution in [-0.4, -0.2) is 36.2 Å². The van der Waals surface area contributed by atoms with E-state index in [0.717, 1.165) is 17.0 Å². The fraction of sp³-hybridized carbons (Fsp3) is 0.250. The van der Waals surface area contributed by atoms with Gasteiger partial charge in [-0.1, -0.05) is 38.1 Å². The standard InChI is InChI=1S/C24H23F3N2O4/c1-4-12-29-22(30)20(16-8-10-18(11-9-16)32-14-15(2)3)21(23(29)31)28-17-6-5-7-19(13-17)33-24(25,26)27/h4-11,13,15,28H,1,12,14H2,2-3H3. The van der Waals surface area contributed by atoms with Gasteiger partial charge in [-0.3, -0.25) is 14.5 Å². The summed E-state index contributed by atoms with van der Waals surface area (Å²) in [7, 11) is 0. The minimum absolute atomic E-state index is 0.0147. The van der Waals surface area contributed by atoms with Crippen LogP contribution in [-0.2, 0) is 9.59 Å². The van der Waals surface area contributed by atoms with Crippen molar-refractivity contribution in [1.29, 1.82) is 0 Å². The number of alkyl halides is 3. The van der Waals surface area contributed by atoms with Crippen LogP contribution < -0.4 is 14.8 Å². The molecule has 174 valence electrons. The predicted molar refractivity (Wildman–Crippen MR) is 117 cm³/mol. The molecule has 3 rings (SSSR count). The first-order chi connectivity index (χ1) is 15.6. The van der Waals surface area contributed by atoms with Crippen LogP contribution in [0.2, 0.25) is 0 Å². The zero-order valence-electron chi connectivity index (χ0n) is 18.1. The average Bonchev–Trinajstić information content (AvgIpc) is 2.96. The molecule has 1 aliphatic rings. The number of anilines is 1. The van der Waals surface area contributed by atoms with Crippen LogP contribution in [0.15, 0.2) is 66.9 Å². The highest BCUT2D eigenvalue weighted by Crippen LogP contribution is 2.32. The van der Waals surface area contributed by atoms with Crippen molar-refractivity contribution in [2.45, 2.75) is 20.2 Å². The van der Waals surface area contributed by atoms with Crippen LogP contribution in [0, 0.1) is 5.92 Å². The highest BCUT2D eigenvalue weighted by atomic mass is 19.4. The summed E-state index contributed by atoms with van der Waals surface area (Å²) in [5, 5.41) is 2.79. The van der Waals surface area contributed by atoms with Gasteiger partial charge in [0.25, 0.3) is 11.8 Å². The molecule has 2 aromatic rings. The van der Waals surface area contributed by atoms with Gasteiger partial charge in [0.15, 0.2) is 0 Å². The maximum absolute atomic E-state index is 13.0. The van der Waals surface area contributed by atoms with Gasteiger partial charge in [-0.2, -0.15) is 0 Å². The molecule has 2 amide bonds. The van der Waals surface area contributed by atoms with Gasteiger partial charge in [0.2, 0.25) is 0 Å². The van der Waals surface area contributed by atoms with Gasteiger partial charge in [-0.05, 0) is 35.7 Å². The van der Waals surface area contributed by atoms with Gasteiger partial charge in [0, 0.05) is 18.3 Å². The molecule has 0 radical (unpaired) electrons. The summed E-state index contributed by atoms with van der Waals surface area (Å²) in [6.07, 6.45) is -3.45. The summed E-state index contributed by atoms with van der Waals surface area (Å²) in [6.45, 7) is 8.11. The topological polar surface area (TPSA) is 67.9 Å². The molecule has 1 aliphatic heterocycles. The van der Waals surface area contributed by atoms with E-state index in [2.05, 4.69) is 16.6 Å². The molecule has 0 bridgehead atoms. The maximum atomic E-state index is 13.0. The van der Waals surface area contributed by atoms with E-state index in [9.17, 15) is 22.8 Å². The third-order valence-corrected chi connectivity index (χ3v) is 4.54. The number of benzene rings is 2. The third-order valence-electron chi connectivity index (χ3n) is 4.54. The molecular formula is C24H23F3N2O4. The molecule has 0 saturated heterocycles. The number of carbonyl (C=O) groups excluding carboxylic acids is 2. The highest BCUT2D eigenvalue weighted by molar-refractivity contribution is 6.36. The van der Waals surface area contributed by atoms with Crippen molar-refractivity contribution in [3.63, 3.8) is 0 Å². The van der Waals surface area contributed by atoms with E-state index in [1.807, 2.05) is 13.8 Å². The number of ether oxygens (including phenoxy) is 2. The van der Waals surface area contributed by atoms with E-state index in [-0.39, 0.29) is 23.5 Å². The summed E-state index contributed by atoms with van der Waals surface area (Å²) in [5.74, 6) is -0.666. The molecule has 0 saturated carbocycles. The van der Waals surface area contributed by atoms with E-state index in [1.54, 1.807) is 24.3 Å². The largest absolute Gasteiger partial charge is 0.573 e. The fourth-order valence-electron chi connectivity index (χ4n) is 3.15. The summed E-state index contributed by atoms with van der Waals surface area (Å²) >= 11 is 0. The molecule has 0 aliphatic carbocycles. The second kappa shape index (κ2) is 9.81. The number of hydrogen-bond acceptors (Lipinski definition) is 5. The number of hydrogen-bond donors (Lipinski definition) is 1. The van der Waals surface area contributed by atoms with E-state index >= 15 is 0 Å². The first kappa shape index (κ1) is 23.9. The molecule has 9 heteroatoms. The van der Waals surface area contributed by atoms with Crippen LogP contribution in [0.25, 0.3) is 5.57 Å². The van der Waals surface area contributed by atoms with Crippen molar-refractivity contribution >= 4 is 23.1 Å². The molecule has 0 spiro atoms. The SMILES string of the molecule is C=CCN1C(=O)C(Nc2cccc(OC(F)(F)F)c2)=C(c2ccc(OCC(C)C)cc2)C1=O. The number of rotatable bonds is 9. The van der Waals surface area contributed by atoms with Gasteiger partial charge in [-0.15, -0.1) is 19.8 Å². The van der Waals surface area contributed by atoms with Crippen LogP contribution in [0.1, 0.15) is 19.4 Å². The normalized spacial score (nSPS) is 14.2. The highest BCUT2D eigenvalue weighted by Gasteiger charge is 2.38. The second-order valence-electron chi connectivity index (χ2n) is 7.69. The molecule has 0 fully saturated rings. The van der Waals surface area contributed by atoms with Crippen molar-refractivity contribution in [3.05, 3.63) is 72.4 Å². The molecule has 6 nitrogen and oxygen atoms in total. The van der Waals surface area contributed by atoms with E-state index < -0.39 is 23.9 Å². The van der Waals surface area contributed by atoms with Gasteiger partial charge < -0.3 is 14.8 Å². The van der Waals surface area contributed by atoms with Gasteiger partial charge in [0.05, 0.1) is 12.2 Å². The van der Waals surface area contributed by atoms with Crippen LogP contribution in [0.4, 0.5) is 18.9 Å². The smallest absolute Gasteiger partial charge is 0.493 e. The molecule has 0 aromatic heterocycles. The quantitative estimate of drug-likeness (QED) is 0.422. The van der Waals surface area contributed by atoms with Gasteiger partial charge in [0.1, 0.15) is 17.2 Å². The fourth-order valence-corrected chi connectivity index (χ4v) is 3.15. The Balaban J connectivity index is 1.96. The van der Waals surface area contributed by atoms with Crippen molar-refractivity contribution in [3.8, 4) is 11.5 Å². The van der Waals surface area contributed by atoms with Crippen LogP contribution >= 0.6 is 0 Å². The van der Waals surface area contributed by atoms with E-state index in [4.69, 9.17) is 4.74 Å². The lowest BCUT2D eigenvalue weighted by molar-refractivity contribution is -0.274. The van der Waals surface area contributed by atoms with Crippen molar-refractivity contribution in [2.75, 3.05) is 18.5 Å². The Morgan fingerprint density at radius 1 is 1.06 bits per heavy atom. The Morgan fingerprint density at radius 2 is 1.76 bits per heavy atom. The summed E-state index contributed by atoms with van der Waals surface area (Å²) in [4.78, 5) is 27.0. The first-order valence-electron chi connectivity index (χ1n) is 10.2. The van der Waals surface area contributed by atoms with Crippen LogP contribution in [0.3, 0.4) is 0 Å². The second-order valence-corrected chi connectivity index (χ2v) is 7.69. The minimum atomic E-state index is -4.86. The maximum Gasteiger partial charge on any atom is 0.573 e. The lowest BCUT2D eigenvalue weighted by Crippen LogP contribution is -2.32. The number of nitrogens with zero attached hydrogens (tertiary/aromatic N) is 1. The van der Waals surface area contributed by atoms with E-state index in [0.29, 0.717) is 23.8 Å².